The summed E-state index contributed by atoms with van der Waals surface area (Å²) >= 11 is 5.76. The Morgan fingerprint density at radius 1 is 1.31 bits per heavy atom. The van der Waals surface area contributed by atoms with E-state index in [-0.39, 0.29) is 16.3 Å². The van der Waals surface area contributed by atoms with Crippen molar-refractivity contribution in [2.24, 2.45) is 5.41 Å². The number of hydrogen-bond acceptors (Lipinski definition) is 2. The first-order valence-corrected chi connectivity index (χ1v) is 5.89. The highest BCUT2D eigenvalue weighted by Crippen LogP contribution is 2.34. The number of halogens is 2. The molecule has 0 aliphatic carbocycles. The highest BCUT2D eigenvalue weighted by Gasteiger charge is 2.25. The number of benzene rings is 1. The zero-order valence-electron chi connectivity index (χ0n) is 9.53. The molecule has 1 aromatic carbocycles. The van der Waals surface area contributed by atoms with Gasteiger partial charge < -0.3 is 10.6 Å². The maximum atomic E-state index is 13.3. The van der Waals surface area contributed by atoms with Crippen LogP contribution in [0.15, 0.2) is 12.1 Å². The average Bonchev–Trinajstić information content (AvgIpc) is 2.42. The van der Waals surface area contributed by atoms with E-state index in [9.17, 15) is 4.39 Å². The quantitative estimate of drug-likeness (QED) is 0.784. The van der Waals surface area contributed by atoms with Crippen molar-refractivity contribution in [3.05, 3.63) is 23.0 Å². The molecule has 0 saturated heterocycles. The van der Waals surface area contributed by atoms with Gasteiger partial charge in [-0.15, -0.1) is 0 Å². The summed E-state index contributed by atoms with van der Waals surface area (Å²) in [6.45, 7) is 6.07. The second kappa shape index (κ2) is 4.13. The standard InChI is InChI=1S/C12H16ClFN2/c1-3-12(2)6-15-10-4-8(13)9(14)5-11(10)16-7-12/h4-5,15-16H,3,6-7H2,1-2H3. The molecule has 1 atom stereocenters. The fourth-order valence-electron chi connectivity index (χ4n) is 1.77. The number of anilines is 2. The van der Waals surface area contributed by atoms with E-state index >= 15 is 0 Å². The number of rotatable bonds is 1. The van der Waals surface area contributed by atoms with Gasteiger partial charge in [0, 0.05) is 24.6 Å². The van der Waals surface area contributed by atoms with Gasteiger partial charge in [-0.1, -0.05) is 25.4 Å². The van der Waals surface area contributed by atoms with Gasteiger partial charge in [0.15, 0.2) is 0 Å². The predicted molar refractivity (Wildman–Crippen MR) is 66.8 cm³/mol. The molecule has 0 spiro atoms. The van der Waals surface area contributed by atoms with Gasteiger partial charge in [-0.05, 0) is 12.5 Å². The summed E-state index contributed by atoms with van der Waals surface area (Å²) in [5.74, 6) is -0.380. The van der Waals surface area contributed by atoms with Crippen LogP contribution in [0.4, 0.5) is 15.8 Å². The third-order valence-electron chi connectivity index (χ3n) is 3.33. The second-order valence-corrected chi connectivity index (χ2v) is 5.09. The molecule has 16 heavy (non-hydrogen) atoms. The van der Waals surface area contributed by atoms with Crippen LogP contribution in [-0.2, 0) is 0 Å². The SMILES string of the molecule is CCC1(C)CNc2cc(F)c(Cl)cc2NC1. The van der Waals surface area contributed by atoms with Crippen molar-refractivity contribution in [1.82, 2.24) is 0 Å². The van der Waals surface area contributed by atoms with Crippen molar-refractivity contribution < 1.29 is 4.39 Å². The Morgan fingerprint density at radius 3 is 2.44 bits per heavy atom. The van der Waals surface area contributed by atoms with Crippen LogP contribution in [0.2, 0.25) is 5.02 Å². The van der Waals surface area contributed by atoms with Crippen molar-refractivity contribution >= 4 is 23.0 Å². The van der Waals surface area contributed by atoms with E-state index in [0.717, 1.165) is 30.9 Å². The first-order chi connectivity index (χ1) is 7.54. The lowest BCUT2D eigenvalue weighted by Gasteiger charge is -2.26. The van der Waals surface area contributed by atoms with Crippen LogP contribution in [0.25, 0.3) is 0 Å². The fraction of sp³-hybridized carbons (Fsp3) is 0.500. The van der Waals surface area contributed by atoms with Crippen LogP contribution in [0, 0.1) is 11.2 Å². The topological polar surface area (TPSA) is 24.1 Å². The molecule has 1 aliphatic rings. The molecule has 0 radical (unpaired) electrons. The molecule has 2 N–H and O–H groups in total. The van der Waals surface area contributed by atoms with Crippen LogP contribution in [0.5, 0.6) is 0 Å². The van der Waals surface area contributed by atoms with E-state index in [1.54, 1.807) is 6.07 Å². The maximum Gasteiger partial charge on any atom is 0.143 e. The molecular weight excluding hydrogens is 227 g/mol. The van der Waals surface area contributed by atoms with Gasteiger partial charge in [0.25, 0.3) is 0 Å². The Labute approximate surface area is 100 Å². The minimum Gasteiger partial charge on any atom is -0.383 e. The molecule has 0 amide bonds. The predicted octanol–water partition coefficient (Wildman–Crippen LogP) is 3.73. The lowest BCUT2D eigenvalue weighted by atomic mass is 9.88. The van der Waals surface area contributed by atoms with Crippen molar-refractivity contribution in [3.8, 4) is 0 Å². The third kappa shape index (κ3) is 2.09. The van der Waals surface area contributed by atoms with Gasteiger partial charge in [0.1, 0.15) is 5.82 Å². The van der Waals surface area contributed by atoms with Crippen molar-refractivity contribution in [2.75, 3.05) is 23.7 Å². The lowest BCUT2D eigenvalue weighted by Crippen LogP contribution is -2.30. The molecule has 0 bridgehead atoms. The second-order valence-electron chi connectivity index (χ2n) is 4.68. The normalized spacial score (nSPS) is 24.0. The summed E-state index contributed by atoms with van der Waals surface area (Å²) in [4.78, 5) is 0. The van der Waals surface area contributed by atoms with Gasteiger partial charge in [-0.25, -0.2) is 4.39 Å². The molecule has 1 unspecified atom stereocenters. The van der Waals surface area contributed by atoms with E-state index in [0.29, 0.717) is 0 Å². The Morgan fingerprint density at radius 2 is 1.88 bits per heavy atom. The van der Waals surface area contributed by atoms with Crippen LogP contribution in [-0.4, -0.2) is 13.1 Å². The Bertz CT molecular complexity index is 373. The summed E-state index contributed by atoms with van der Waals surface area (Å²) in [6, 6.07) is 3.09. The molecule has 2 rings (SSSR count). The van der Waals surface area contributed by atoms with E-state index < -0.39 is 0 Å². The minimum absolute atomic E-state index is 0.160. The average molecular weight is 243 g/mol. The minimum atomic E-state index is -0.380. The Balaban J connectivity index is 2.31. The molecule has 1 heterocycles. The van der Waals surface area contributed by atoms with Crippen molar-refractivity contribution in [1.29, 1.82) is 0 Å². The third-order valence-corrected chi connectivity index (χ3v) is 3.61. The maximum absolute atomic E-state index is 13.3. The van der Waals surface area contributed by atoms with Gasteiger partial charge in [0.2, 0.25) is 0 Å². The molecule has 0 saturated carbocycles. The molecule has 88 valence electrons. The number of hydrogen-bond donors (Lipinski definition) is 2. The van der Waals surface area contributed by atoms with E-state index in [2.05, 4.69) is 24.5 Å². The van der Waals surface area contributed by atoms with Crippen LogP contribution >= 0.6 is 11.6 Å². The molecule has 0 aromatic heterocycles. The smallest absolute Gasteiger partial charge is 0.143 e. The van der Waals surface area contributed by atoms with Gasteiger partial charge >= 0.3 is 0 Å². The molecular formula is C12H16ClFN2. The lowest BCUT2D eigenvalue weighted by molar-refractivity contribution is 0.361. The first-order valence-electron chi connectivity index (χ1n) is 5.51. The number of fused-ring (bicyclic) bond motifs is 1. The Hall–Kier alpha value is -0.960. The monoisotopic (exact) mass is 242 g/mol. The van der Waals surface area contributed by atoms with E-state index in [4.69, 9.17) is 11.6 Å². The molecule has 2 nitrogen and oxygen atoms in total. The summed E-state index contributed by atoms with van der Waals surface area (Å²) < 4.78 is 13.3. The molecule has 1 aliphatic heterocycles. The Kier molecular flexibility index (Phi) is 2.98. The summed E-state index contributed by atoms with van der Waals surface area (Å²) in [5, 5.41) is 6.75. The summed E-state index contributed by atoms with van der Waals surface area (Å²) in [5.41, 5.74) is 1.85. The summed E-state index contributed by atoms with van der Waals surface area (Å²) in [7, 11) is 0. The molecule has 4 heteroatoms. The largest absolute Gasteiger partial charge is 0.383 e. The van der Waals surface area contributed by atoms with Crippen molar-refractivity contribution in [3.63, 3.8) is 0 Å². The van der Waals surface area contributed by atoms with Crippen LogP contribution in [0.1, 0.15) is 20.3 Å². The van der Waals surface area contributed by atoms with Gasteiger partial charge in [-0.2, -0.15) is 0 Å². The van der Waals surface area contributed by atoms with Crippen LogP contribution < -0.4 is 10.6 Å². The van der Waals surface area contributed by atoms with E-state index in [1.807, 2.05) is 0 Å². The highest BCUT2D eigenvalue weighted by atomic mass is 35.5. The van der Waals surface area contributed by atoms with Gasteiger partial charge in [-0.3, -0.25) is 0 Å². The fourth-order valence-corrected chi connectivity index (χ4v) is 1.93. The molecule has 0 fully saturated rings. The molecule has 1 aromatic rings. The summed E-state index contributed by atoms with van der Waals surface area (Å²) in [6.07, 6.45) is 1.07. The van der Waals surface area contributed by atoms with Gasteiger partial charge in [0.05, 0.1) is 16.4 Å². The first kappa shape index (κ1) is 11.5. The van der Waals surface area contributed by atoms with E-state index in [1.165, 1.54) is 6.07 Å². The zero-order valence-corrected chi connectivity index (χ0v) is 10.3. The van der Waals surface area contributed by atoms with Crippen LogP contribution in [0.3, 0.4) is 0 Å². The van der Waals surface area contributed by atoms with Crippen molar-refractivity contribution in [2.45, 2.75) is 20.3 Å². The highest BCUT2D eigenvalue weighted by molar-refractivity contribution is 6.31. The number of nitrogens with one attached hydrogen (secondary N) is 2. The zero-order chi connectivity index (χ0) is 11.8.